The molecule has 5 nitrogen and oxygen atoms in total. The van der Waals surface area contributed by atoms with Gasteiger partial charge >= 0.3 is 0 Å². The lowest BCUT2D eigenvalue weighted by atomic mass is 10.1. The zero-order chi connectivity index (χ0) is 13.8. The van der Waals surface area contributed by atoms with Gasteiger partial charge in [0.1, 0.15) is 12.4 Å². The van der Waals surface area contributed by atoms with Gasteiger partial charge in [-0.05, 0) is 18.2 Å². The molecule has 0 saturated carbocycles. The summed E-state index contributed by atoms with van der Waals surface area (Å²) in [5.41, 5.74) is 1.83. The summed E-state index contributed by atoms with van der Waals surface area (Å²) in [6.45, 7) is 4.30. The zero-order valence-corrected chi connectivity index (χ0v) is 10.8. The zero-order valence-electron chi connectivity index (χ0n) is 10.8. The van der Waals surface area contributed by atoms with E-state index in [1.807, 2.05) is 0 Å². The molecule has 0 bridgehead atoms. The first-order valence-corrected chi connectivity index (χ1v) is 6.15. The molecular formula is C14H15N3O2. The summed E-state index contributed by atoms with van der Waals surface area (Å²) in [4.78, 5) is 25.8. The second-order valence-corrected chi connectivity index (χ2v) is 4.50. The summed E-state index contributed by atoms with van der Waals surface area (Å²) in [5, 5.41) is 9.15. The number of nitriles is 1. The van der Waals surface area contributed by atoms with E-state index >= 15 is 0 Å². The van der Waals surface area contributed by atoms with Crippen molar-refractivity contribution < 1.29 is 9.59 Å². The molecule has 1 aromatic rings. The van der Waals surface area contributed by atoms with Crippen molar-refractivity contribution in [1.82, 2.24) is 4.90 Å². The highest BCUT2D eigenvalue weighted by Crippen LogP contribution is 2.22. The molecule has 1 heterocycles. The van der Waals surface area contributed by atoms with Gasteiger partial charge in [0.15, 0.2) is 0 Å². The number of anilines is 1. The summed E-state index contributed by atoms with van der Waals surface area (Å²) in [6.07, 6.45) is 0.734. The third kappa shape index (κ3) is 2.74. The Morgan fingerprint density at radius 3 is 2.53 bits per heavy atom. The maximum absolute atomic E-state index is 11.3. The van der Waals surface area contributed by atoms with Crippen LogP contribution in [0.4, 0.5) is 5.69 Å². The van der Waals surface area contributed by atoms with Crippen molar-refractivity contribution in [3.63, 3.8) is 0 Å². The lowest BCUT2D eigenvalue weighted by Crippen LogP contribution is -2.48. The molecule has 0 spiro atoms. The van der Waals surface area contributed by atoms with Gasteiger partial charge < -0.3 is 9.80 Å². The number of hydrogen-bond donors (Lipinski definition) is 0. The van der Waals surface area contributed by atoms with E-state index in [1.54, 1.807) is 30.0 Å². The van der Waals surface area contributed by atoms with E-state index in [0.29, 0.717) is 37.3 Å². The van der Waals surface area contributed by atoms with Crippen LogP contribution < -0.4 is 4.90 Å². The molecule has 0 aliphatic carbocycles. The summed E-state index contributed by atoms with van der Waals surface area (Å²) in [6, 6.07) is 7.22. The number of piperazine rings is 1. The summed E-state index contributed by atoms with van der Waals surface area (Å²) in [7, 11) is 0. The Kier molecular flexibility index (Phi) is 3.81. The Labute approximate surface area is 112 Å². The first-order valence-electron chi connectivity index (χ1n) is 6.15. The van der Waals surface area contributed by atoms with Crippen LogP contribution in [-0.2, 0) is 4.79 Å². The highest BCUT2D eigenvalue weighted by molar-refractivity contribution is 5.78. The lowest BCUT2D eigenvalue weighted by Gasteiger charge is -2.36. The second-order valence-electron chi connectivity index (χ2n) is 4.50. The molecule has 5 heteroatoms. The van der Waals surface area contributed by atoms with E-state index in [-0.39, 0.29) is 5.91 Å². The van der Waals surface area contributed by atoms with Crippen molar-refractivity contribution in [2.24, 2.45) is 0 Å². The Hall–Kier alpha value is -2.35. The minimum atomic E-state index is 0.0801. The summed E-state index contributed by atoms with van der Waals surface area (Å²) >= 11 is 0. The average molecular weight is 257 g/mol. The average Bonchev–Trinajstić information content (AvgIpc) is 2.46. The van der Waals surface area contributed by atoms with Crippen LogP contribution in [0.3, 0.4) is 0 Å². The molecule has 1 fully saturated rings. The largest absolute Gasteiger partial charge is 0.367 e. The number of rotatable bonds is 2. The molecule has 2 rings (SSSR count). The number of carbonyl (C=O) groups excluding carboxylic acids is 2. The summed E-state index contributed by atoms with van der Waals surface area (Å²) in [5.74, 6) is 0.0801. The standard InChI is InChI=1S/C14H15N3O2/c1-11(19)16-4-6-17(7-5-16)14-3-2-12(10-18)8-13(14)9-15/h2-3,8,10H,4-7H2,1H3. The third-order valence-corrected chi connectivity index (χ3v) is 3.34. The molecule has 19 heavy (non-hydrogen) atoms. The summed E-state index contributed by atoms with van der Waals surface area (Å²) < 4.78 is 0. The van der Waals surface area contributed by atoms with Crippen molar-refractivity contribution >= 4 is 17.9 Å². The van der Waals surface area contributed by atoms with Crippen LogP contribution in [0.2, 0.25) is 0 Å². The second kappa shape index (κ2) is 5.53. The fourth-order valence-electron chi connectivity index (χ4n) is 2.25. The van der Waals surface area contributed by atoms with Crippen molar-refractivity contribution in [1.29, 1.82) is 5.26 Å². The Morgan fingerprint density at radius 2 is 2.00 bits per heavy atom. The minimum absolute atomic E-state index is 0.0801. The van der Waals surface area contributed by atoms with Crippen LogP contribution >= 0.6 is 0 Å². The highest BCUT2D eigenvalue weighted by atomic mass is 16.2. The predicted octanol–water partition coefficient (Wildman–Crippen LogP) is 1.04. The van der Waals surface area contributed by atoms with E-state index in [9.17, 15) is 9.59 Å². The monoisotopic (exact) mass is 257 g/mol. The molecule has 1 saturated heterocycles. The lowest BCUT2D eigenvalue weighted by molar-refractivity contribution is -0.129. The smallest absolute Gasteiger partial charge is 0.219 e. The van der Waals surface area contributed by atoms with Crippen molar-refractivity contribution in [3.05, 3.63) is 29.3 Å². The maximum atomic E-state index is 11.3. The number of aldehydes is 1. The van der Waals surface area contributed by atoms with Gasteiger partial charge in [0, 0.05) is 38.7 Å². The molecule has 0 aromatic heterocycles. The molecule has 1 amide bonds. The molecule has 98 valence electrons. The molecule has 0 N–H and O–H groups in total. The van der Waals surface area contributed by atoms with Crippen molar-refractivity contribution in [2.75, 3.05) is 31.1 Å². The van der Waals surface area contributed by atoms with E-state index in [0.717, 1.165) is 12.0 Å². The first-order chi connectivity index (χ1) is 9.15. The van der Waals surface area contributed by atoms with E-state index in [1.165, 1.54) is 0 Å². The number of carbonyl (C=O) groups is 2. The molecule has 1 aromatic carbocycles. The number of hydrogen-bond acceptors (Lipinski definition) is 4. The highest BCUT2D eigenvalue weighted by Gasteiger charge is 2.20. The molecular weight excluding hydrogens is 242 g/mol. The molecule has 1 aliphatic heterocycles. The Bertz CT molecular complexity index is 540. The molecule has 0 unspecified atom stereocenters. The van der Waals surface area contributed by atoms with Crippen LogP contribution in [0.15, 0.2) is 18.2 Å². The van der Waals surface area contributed by atoms with Gasteiger partial charge in [0.05, 0.1) is 11.3 Å². The van der Waals surface area contributed by atoms with Crippen LogP contribution in [0.25, 0.3) is 0 Å². The topological polar surface area (TPSA) is 64.4 Å². The Morgan fingerprint density at radius 1 is 1.32 bits per heavy atom. The van der Waals surface area contributed by atoms with E-state index in [4.69, 9.17) is 5.26 Å². The van der Waals surface area contributed by atoms with Crippen molar-refractivity contribution in [2.45, 2.75) is 6.92 Å². The van der Waals surface area contributed by atoms with Gasteiger partial charge in [-0.2, -0.15) is 5.26 Å². The quantitative estimate of drug-likeness (QED) is 0.742. The number of nitrogens with zero attached hydrogens (tertiary/aromatic N) is 3. The Balaban J connectivity index is 2.18. The van der Waals surface area contributed by atoms with Gasteiger partial charge in [0.2, 0.25) is 5.91 Å². The third-order valence-electron chi connectivity index (χ3n) is 3.34. The maximum Gasteiger partial charge on any atom is 0.219 e. The van der Waals surface area contributed by atoms with Crippen LogP contribution in [0.1, 0.15) is 22.8 Å². The normalized spacial score (nSPS) is 14.9. The van der Waals surface area contributed by atoms with Gasteiger partial charge in [-0.15, -0.1) is 0 Å². The van der Waals surface area contributed by atoms with Gasteiger partial charge in [-0.1, -0.05) is 0 Å². The van der Waals surface area contributed by atoms with E-state index in [2.05, 4.69) is 11.0 Å². The van der Waals surface area contributed by atoms with Gasteiger partial charge in [-0.3, -0.25) is 9.59 Å². The molecule has 0 radical (unpaired) electrons. The van der Waals surface area contributed by atoms with Crippen LogP contribution in [0.5, 0.6) is 0 Å². The van der Waals surface area contributed by atoms with Gasteiger partial charge in [-0.25, -0.2) is 0 Å². The molecule has 1 aliphatic rings. The minimum Gasteiger partial charge on any atom is -0.367 e. The number of benzene rings is 1. The van der Waals surface area contributed by atoms with Crippen LogP contribution in [0, 0.1) is 11.3 Å². The van der Waals surface area contributed by atoms with Crippen LogP contribution in [-0.4, -0.2) is 43.3 Å². The van der Waals surface area contributed by atoms with E-state index < -0.39 is 0 Å². The SMILES string of the molecule is CC(=O)N1CCN(c2ccc(C=O)cc2C#N)CC1. The first kappa shape index (κ1) is 13.1. The predicted molar refractivity (Wildman–Crippen MR) is 71.0 cm³/mol. The van der Waals surface area contributed by atoms with Crippen molar-refractivity contribution in [3.8, 4) is 6.07 Å². The molecule has 0 atom stereocenters. The fourth-order valence-corrected chi connectivity index (χ4v) is 2.25. The fraction of sp³-hybridized carbons (Fsp3) is 0.357. The van der Waals surface area contributed by atoms with Gasteiger partial charge in [0.25, 0.3) is 0 Å². The number of amides is 1.